The van der Waals surface area contributed by atoms with Gasteiger partial charge in [-0.25, -0.2) is 9.59 Å². The van der Waals surface area contributed by atoms with Crippen molar-refractivity contribution in [3.8, 4) is 22.3 Å². The molecule has 0 spiro atoms. The topological polar surface area (TPSA) is 60.4 Å². The molecule has 0 aliphatic heterocycles. The highest BCUT2D eigenvalue weighted by atomic mass is 79.9. The lowest BCUT2D eigenvalue weighted by atomic mass is 9.97. The molecule has 5 aromatic rings. The molecule has 5 rings (SSSR count). The van der Waals surface area contributed by atoms with Crippen LogP contribution in [0.2, 0.25) is 0 Å². The zero-order valence-electron chi connectivity index (χ0n) is 15.0. The fraction of sp³-hybridized carbons (Fsp3) is 0. The summed E-state index contributed by atoms with van der Waals surface area (Å²) in [5.41, 5.74) is 2.41. The van der Waals surface area contributed by atoms with Gasteiger partial charge in [-0.05, 0) is 35.4 Å². The van der Waals surface area contributed by atoms with E-state index in [1.165, 1.54) is 6.07 Å². The Labute approximate surface area is 173 Å². The summed E-state index contributed by atoms with van der Waals surface area (Å²) < 4.78 is 11.9. The van der Waals surface area contributed by atoms with Gasteiger partial charge in [0, 0.05) is 26.9 Å². The molecule has 0 unspecified atom stereocenters. The SMILES string of the molecule is O=c1cc(-c2ccccc2)c2cccc(-c3cc4cc(Br)ccc4oc3=O)c2o1. The molecule has 5 heteroatoms. The number of para-hydroxylation sites is 1. The molecule has 0 aliphatic carbocycles. The summed E-state index contributed by atoms with van der Waals surface area (Å²) in [7, 11) is 0. The van der Waals surface area contributed by atoms with Gasteiger partial charge in [0.1, 0.15) is 11.2 Å². The predicted octanol–water partition coefficient (Wildman–Crippen LogP) is 6.00. The van der Waals surface area contributed by atoms with Crippen molar-refractivity contribution in [3.63, 3.8) is 0 Å². The van der Waals surface area contributed by atoms with Crippen molar-refractivity contribution >= 4 is 37.9 Å². The summed E-state index contributed by atoms with van der Waals surface area (Å²) in [6.45, 7) is 0. The van der Waals surface area contributed by atoms with Crippen LogP contribution in [0, 0.1) is 0 Å². The highest BCUT2D eigenvalue weighted by Crippen LogP contribution is 2.33. The quantitative estimate of drug-likeness (QED) is 0.313. The molecule has 0 saturated carbocycles. The Morgan fingerprint density at radius 3 is 2.34 bits per heavy atom. The summed E-state index contributed by atoms with van der Waals surface area (Å²) >= 11 is 3.44. The summed E-state index contributed by atoms with van der Waals surface area (Å²) in [4.78, 5) is 25.0. The van der Waals surface area contributed by atoms with Crippen molar-refractivity contribution < 1.29 is 8.83 Å². The number of benzene rings is 3. The summed E-state index contributed by atoms with van der Waals surface area (Å²) in [6, 6.07) is 23.7. The molecule has 2 heterocycles. The van der Waals surface area contributed by atoms with Crippen LogP contribution in [0.5, 0.6) is 0 Å². The second-order valence-electron chi connectivity index (χ2n) is 6.66. The highest BCUT2D eigenvalue weighted by Gasteiger charge is 2.16. The van der Waals surface area contributed by atoms with E-state index in [-0.39, 0.29) is 0 Å². The maximum absolute atomic E-state index is 12.7. The average Bonchev–Trinajstić information content (AvgIpc) is 2.73. The van der Waals surface area contributed by atoms with E-state index in [4.69, 9.17) is 8.83 Å². The Morgan fingerprint density at radius 2 is 1.52 bits per heavy atom. The van der Waals surface area contributed by atoms with Gasteiger partial charge in [0.2, 0.25) is 0 Å². The summed E-state index contributed by atoms with van der Waals surface area (Å²) in [5.74, 6) is 0. The maximum Gasteiger partial charge on any atom is 0.344 e. The van der Waals surface area contributed by atoms with Crippen LogP contribution in [0.1, 0.15) is 0 Å². The van der Waals surface area contributed by atoms with Gasteiger partial charge in [0.25, 0.3) is 0 Å². The molecule has 0 bridgehead atoms. The molecule has 0 radical (unpaired) electrons. The van der Waals surface area contributed by atoms with Crippen LogP contribution in [-0.2, 0) is 0 Å². The molecular weight excluding hydrogens is 432 g/mol. The monoisotopic (exact) mass is 444 g/mol. The van der Waals surface area contributed by atoms with Crippen LogP contribution >= 0.6 is 15.9 Å². The first kappa shape index (κ1) is 17.6. The second kappa shape index (κ2) is 6.87. The number of fused-ring (bicyclic) bond motifs is 2. The second-order valence-corrected chi connectivity index (χ2v) is 7.57. The van der Waals surface area contributed by atoms with E-state index in [1.54, 1.807) is 18.2 Å². The van der Waals surface area contributed by atoms with Crippen LogP contribution in [0.25, 0.3) is 44.2 Å². The molecule has 2 aromatic heterocycles. The Kier molecular flexibility index (Phi) is 4.18. The summed E-state index contributed by atoms with van der Waals surface area (Å²) in [5, 5.41) is 1.52. The van der Waals surface area contributed by atoms with E-state index in [0.717, 1.165) is 26.4 Å². The number of hydrogen-bond acceptors (Lipinski definition) is 4. The van der Waals surface area contributed by atoms with Gasteiger partial charge in [-0.2, -0.15) is 0 Å². The average molecular weight is 445 g/mol. The highest BCUT2D eigenvalue weighted by molar-refractivity contribution is 9.10. The van der Waals surface area contributed by atoms with E-state index < -0.39 is 11.3 Å². The van der Waals surface area contributed by atoms with Crippen LogP contribution in [0.3, 0.4) is 0 Å². The van der Waals surface area contributed by atoms with Gasteiger partial charge in [-0.3, -0.25) is 0 Å². The molecule has 0 saturated heterocycles. The van der Waals surface area contributed by atoms with Gasteiger partial charge in [0.05, 0.1) is 5.56 Å². The number of halogens is 1. The van der Waals surface area contributed by atoms with E-state index in [9.17, 15) is 9.59 Å². The lowest BCUT2D eigenvalue weighted by molar-refractivity contribution is 0.556. The van der Waals surface area contributed by atoms with Crippen LogP contribution in [0.15, 0.2) is 102 Å². The molecule has 4 nitrogen and oxygen atoms in total. The van der Waals surface area contributed by atoms with E-state index >= 15 is 0 Å². The van der Waals surface area contributed by atoms with Gasteiger partial charge in [-0.15, -0.1) is 0 Å². The Morgan fingerprint density at radius 1 is 0.690 bits per heavy atom. The molecule has 0 N–H and O–H groups in total. The predicted molar refractivity (Wildman–Crippen MR) is 117 cm³/mol. The minimum atomic E-state index is -0.486. The molecule has 0 amide bonds. The third-order valence-corrected chi connectivity index (χ3v) is 5.33. The van der Waals surface area contributed by atoms with Crippen molar-refractivity contribution in [3.05, 3.63) is 104 Å². The molecule has 140 valence electrons. The van der Waals surface area contributed by atoms with Crippen LogP contribution in [-0.4, -0.2) is 0 Å². The lowest BCUT2D eigenvalue weighted by Gasteiger charge is -2.09. The fourth-order valence-corrected chi connectivity index (χ4v) is 3.91. The maximum atomic E-state index is 12.7. The van der Waals surface area contributed by atoms with Gasteiger partial charge in [-0.1, -0.05) is 64.5 Å². The van der Waals surface area contributed by atoms with Crippen molar-refractivity contribution in [2.45, 2.75) is 0 Å². The Balaban J connectivity index is 1.84. The Hall–Kier alpha value is -3.44. The van der Waals surface area contributed by atoms with Crippen LogP contribution in [0.4, 0.5) is 0 Å². The summed E-state index contributed by atoms with van der Waals surface area (Å²) in [6.07, 6.45) is 0. The van der Waals surface area contributed by atoms with Crippen molar-refractivity contribution in [2.75, 3.05) is 0 Å². The molecule has 29 heavy (non-hydrogen) atoms. The normalized spacial score (nSPS) is 11.2. The zero-order valence-corrected chi connectivity index (χ0v) is 16.6. The van der Waals surface area contributed by atoms with Crippen molar-refractivity contribution in [2.24, 2.45) is 0 Å². The lowest BCUT2D eigenvalue weighted by Crippen LogP contribution is -2.05. The minimum Gasteiger partial charge on any atom is -0.422 e. The van der Waals surface area contributed by atoms with Gasteiger partial charge < -0.3 is 8.83 Å². The minimum absolute atomic E-state index is 0.342. The van der Waals surface area contributed by atoms with E-state index in [2.05, 4.69) is 15.9 Å². The van der Waals surface area contributed by atoms with Gasteiger partial charge in [0.15, 0.2) is 0 Å². The number of hydrogen-bond donors (Lipinski definition) is 0. The van der Waals surface area contributed by atoms with Crippen molar-refractivity contribution in [1.82, 2.24) is 0 Å². The van der Waals surface area contributed by atoms with E-state index in [0.29, 0.717) is 22.3 Å². The molecule has 0 atom stereocenters. The first-order chi connectivity index (χ1) is 14.1. The van der Waals surface area contributed by atoms with Crippen molar-refractivity contribution in [1.29, 1.82) is 0 Å². The third-order valence-electron chi connectivity index (χ3n) is 4.84. The number of rotatable bonds is 2. The molecule has 0 fully saturated rings. The molecular formula is C24H13BrO4. The van der Waals surface area contributed by atoms with Gasteiger partial charge >= 0.3 is 11.3 Å². The smallest absolute Gasteiger partial charge is 0.344 e. The Bertz CT molecular complexity index is 1500. The first-order valence-corrected chi connectivity index (χ1v) is 9.75. The van der Waals surface area contributed by atoms with Crippen LogP contribution < -0.4 is 11.3 Å². The first-order valence-electron chi connectivity index (χ1n) is 8.96. The zero-order chi connectivity index (χ0) is 20.0. The molecule has 0 aliphatic rings. The fourth-order valence-electron chi connectivity index (χ4n) is 3.54. The third kappa shape index (κ3) is 3.09. The van der Waals surface area contributed by atoms with E-state index in [1.807, 2.05) is 54.6 Å². The standard InChI is InChI=1S/C24H13BrO4/c25-16-9-10-21-15(11-16)12-20(24(27)28-21)18-8-4-7-17-19(13-22(26)29-23(17)18)14-5-2-1-3-6-14/h1-13H. The largest absolute Gasteiger partial charge is 0.422 e. The molecule has 3 aromatic carbocycles.